The van der Waals surface area contributed by atoms with Gasteiger partial charge in [0, 0.05) is 29.7 Å². The van der Waals surface area contributed by atoms with Crippen LogP contribution in [0.3, 0.4) is 0 Å². The summed E-state index contributed by atoms with van der Waals surface area (Å²) in [6.07, 6.45) is 1.95. The summed E-state index contributed by atoms with van der Waals surface area (Å²) < 4.78 is 5.68. The lowest BCUT2D eigenvalue weighted by Crippen LogP contribution is -2.13. The van der Waals surface area contributed by atoms with Gasteiger partial charge in [0.25, 0.3) is 5.91 Å². The summed E-state index contributed by atoms with van der Waals surface area (Å²) in [5.74, 6) is 1.64. The van der Waals surface area contributed by atoms with Crippen LogP contribution in [0.25, 0.3) is 11.4 Å². The molecule has 8 heteroatoms. The number of nitrogens with one attached hydrogen (secondary N) is 2. The highest BCUT2D eigenvalue weighted by atomic mass is 16.4. The number of aromatic nitrogens is 3. The van der Waals surface area contributed by atoms with Crippen LogP contribution in [0.2, 0.25) is 0 Å². The second-order valence-electron chi connectivity index (χ2n) is 6.47. The summed E-state index contributed by atoms with van der Waals surface area (Å²) in [6, 6.07) is 7.13. The number of amides is 1. The lowest BCUT2D eigenvalue weighted by Gasteiger charge is -2.07. The van der Waals surface area contributed by atoms with Gasteiger partial charge in [0.05, 0.1) is 12.1 Å². The normalized spacial score (nSPS) is 13.5. The Morgan fingerprint density at radius 3 is 2.74 bits per heavy atom. The van der Waals surface area contributed by atoms with E-state index in [1.54, 1.807) is 19.1 Å². The summed E-state index contributed by atoms with van der Waals surface area (Å²) in [4.78, 5) is 28.9. The molecule has 1 aliphatic carbocycles. The number of benzene rings is 1. The Morgan fingerprint density at radius 2 is 2.07 bits per heavy atom. The van der Waals surface area contributed by atoms with Crippen molar-refractivity contribution in [2.24, 2.45) is 5.73 Å². The van der Waals surface area contributed by atoms with Crippen LogP contribution >= 0.6 is 0 Å². The predicted octanol–water partition coefficient (Wildman–Crippen LogP) is 2.60. The number of anilines is 1. The molecule has 2 heterocycles. The first-order chi connectivity index (χ1) is 13.1. The second-order valence-corrected chi connectivity index (χ2v) is 6.47. The van der Waals surface area contributed by atoms with E-state index >= 15 is 0 Å². The zero-order valence-electron chi connectivity index (χ0n) is 14.8. The maximum Gasteiger partial charge on any atom is 0.291 e. The summed E-state index contributed by atoms with van der Waals surface area (Å²) >= 11 is 0. The standard InChI is InChI=1S/C19H19N5O3/c1-10-16-13(25)3-2-4-14(16)27-17(10)19(26)21-12-7-5-11(6-8-12)18-22-15(9-20)23-24-18/h5-8H,2-4,9,20H2,1H3,(H,21,26)(H,22,23,24). The van der Waals surface area contributed by atoms with E-state index in [4.69, 9.17) is 10.2 Å². The van der Waals surface area contributed by atoms with E-state index in [1.807, 2.05) is 12.1 Å². The third-order valence-electron chi connectivity index (χ3n) is 4.64. The molecule has 0 aliphatic heterocycles. The van der Waals surface area contributed by atoms with E-state index in [-0.39, 0.29) is 24.0 Å². The summed E-state index contributed by atoms with van der Waals surface area (Å²) in [7, 11) is 0. The van der Waals surface area contributed by atoms with E-state index in [1.165, 1.54) is 0 Å². The van der Waals surface area contributed by atoms with Crippen molar-refractivity contribution in [3.8, 4) is 11.4 Å². The molecule has 0 saturated carbocycles. The van der Waals surface area contributed by atoms with Crippen molar-refractivity contribution in [2.45, 2.75) is 32.7 Å². The van der Waals surface area contributed by atoms with E-state index in [2.05, 4.69) is 20.5 Å². The molecule has 0 spiro atoms. The number of hydrogen-bond donors (Lipinski definition) is 3. The molecule has 1 aliphatic rings. The quantitative estimate of drug-likeness (QED) is 0.652. The molecule has 27 heavy (non-hydrogen) atoms. The van der Waals surface area contributed by atoms with Crippen LogP contribution in [0.4, 0.5) is 5.69 Å². The van der Waals surface area contributed by atoms with Crippen LogP contribution in [0.5, 0.6) is 0 Å². The van der Waals surface area contributed by atoms with Gasteiger partial charge in [-0.05, 0) is 37.6 Å². The van der Waals surface area contributed by atoms with Gasteiger partial charge in [0.15, 0.2) is 17.4 Å². The van der Waals surface area contributed by atoms with E-state index in [9.17, 15) is 9.59 Å². The van der Waals surface area contributed by atoms with Crippen LogP contribution in [0.1, 0.15) is 50.9 Å². The van der Waals surface area contributed by atoms with E-state index in [0.717, 1.165) is 12.0 Å². The lowest BCUT2D eigenvalue weighted by atomic mass is 9.94. The Morgan fingerprint density at radius 1 is 1.30 bits per heavy atom. The van der Waals surface area contributed by atoms with Gasteiger partial charge in [0.1, 0.15) is 11.6 Å². The highest BCUT2D eigenvalue weighted by molar-refractivity contribution is 6.07. The summed E-state index contributed by atoms with van der Waals surface area (Å²) in [5.41, 5.74) is 8.12. The van der Waals surface area contributed by atoms with Crippen molar-refractivity contribution in [1.29, 1.82) is 0 Å². The zero-order chi connectivity index (χ0) is 19.0. The molecular formula is C19H19N5O3. The van der Waals surface area contributed by atoms with Crippen LogP contribution in [0, 0.1) is 6.92 Å². The molecule has 4 rings (SSSR count). The van der Waals surface area contributed by atoms with Crippen molar-refractivity contribution in [3.05, 3.63) is 52.7 Å². The number of furan rings is 1. The molecule has 138 valence electrons. The molecule has 2 aromatic heterocycles. The Balaban J connectivity index is 1.52. The van der Waals surface area contributed by atoms with Gasteiger partial charge in [-0.25, -0.2) is 4.98 Å². The number of carbonyl (C=O) groups excluding carboxylic acids is 2. The number of ketones is 1. The Hall–Kier alpha value is -3.26. The van der Waals surface area contributed by atoms with Crippen LogP contribution in [-0.4, -0.2) is 26.9 Å². The molecule has 0 radical (unpaired) electrons. The number of aryl methyl sites for hydroxylation is 1. The number of rotatable bonds is 4. The fraction of sp³-hybridized carbons (Fsp3) is 0.263. The smallest absolute Gasteiger partial charge is 0.291 e. The minimum atomic E-state index is -0.370. The van der Waals surface area contributed by atoms with Gasteiger partial charge in [-0.2, -0.15) is 5.10 Å². The SMILES string of the molecule is Cc1c(C(=O)Nc2ccc(-c3n[nH]c(CN)n3)cc2)oc2c1C(=O)CCC2. The number of carbonyl (C=O) groups is 2. The lowest BCUT2D eigenvalue weighted by molar-refractivity contribution is 0.0963. The molecule has 0 fully saturated rings. The average molecular weight is 365 g/mol. The van der Waals surface area contributed by atoms with Crippen molar-refractivity contribution < 1.29 is 14.0 Å². The number of Topliss-reactive ketones (excluding diaryl/α,β-unsaturated/α-hetero) is 1. The Bertz CT molecular complexity index is 1020. The highest BCUT2D eigenvalue weighted by Gasteiger charge is 2.28. The third kappa shape index (κ3) is 3.15. The molecule has 1 aromatic carbocycles. The first-order valence-electron chi connectivity index (χ1n) is 8.75. The summed E-state index contributed by atoms with van der Waals surface area (Å²) in [5, 5.41) is 9.67. The minimum absolute atomic E-state index is 0.0456. The molecule has 3 aromatic rings. The van der Waals surface area contributed by atoms with Crippen LogP contribution in [-0.2, 0) is 13.0 Å². The monoisotopic (exact) mass is 365 g/mol. The highest BCUT2D eigenvalue weighted by Crippen LogP contribution is 2.30. The van der Waals surface area contributed by atoms with Gasteiger partial charge in [-0.15, -0.1) is 0 Å². The number of nitrogens with two attached hydrogens (primary N) is 1. The minimum Gasteiger partial charge on any atom is -0.455 e. The molecule has 0 saturated heterocycles. The van der Waals surface area contributed by atoms with Gasteiger partial charge in [0.2, 0.25) is 0 Å². The first kappa shape index (κ1) is 17.2. The maximum atomic E-state index is 12.6. The van der Waals surface area contributed by atoms with Gasteiger partial charge >= 0.3 is 0 Å². The average Bonchev–Trinajstić information content (AvgIpc) is 3.28. The Kier molecular flexibility index (Phi) is 4.33. The zero-order valence-corrected chi connectivity index (χ0v) is 14.8. The fourth-order valence-corrected chi connectivity index (χ4v) is 3.27. The number of hydrogen-bond acceptors (Lipinski definition) is 6. The Labute approximate surface area is 155 Å². The van der Waals surface area contributed by atoms with Crippen molar-refractivity contribution in [3.63, 3.8) is 0 Å². The maximum absolute atomic E-state index is 12.6. The molecule has 4 N–H and O–H groups in total. The third-order valence-corrected chi connectivity index (χ3v) is 4.64. The second kappa shape index (κ2) is 6.81. The van der Waals surface area contributed by atoms with E-state index < -0.39 is 0 Å². The number of fused-ring (bicyclic) bond motifs is 1. The van der Waals surface area contributed by atoms with Crippen molar-refractivity contribution in [2.75, 3.05) is 5.32 Å². The molecule has 0 unspecified atom stereocenters. The molecule has 0 atom stereocenters. The number of H-pyrrole nitrogens is 1. The molecule has 0 bridgehead atoms. The topological polar surface area (TPSA) is 127 Å². The van der Waals surface area contributed by atoms with Crippen molar-refractivity contribution >= 4 is 17.4 Å². The largest absolute Gasteiger partial charge is 0.455 e. The first-order valence-corrected chi connectivity index (χ1v) is 8.75. The number of nitrogens with zero attached hydrogens (tertiary/aromatic N) is 2. The van der Waals surface area contributed by atoms with Crippen molar-refractivity contribution in [1.82, 2.24) is 15.2 Å². The number of aromatic amines is 1. The van der Waals surface area contributed by atoms with Gasteiger partial charge in [-0.1, -0.05) is 0 Å². The molecule has 8 nitrogen and oxygen atoms in total. The predicted molar refractivity (Wildman–Crippen MR) is 98.4 cm³/mol. The van der Waals surface area contributed by atoms with Gasteiger partial charge in [-0.3, -0.25) is 14.7 Å². The van der Waals surface area contributed by atoms with Crippen LogP contribution in [0.15, 0.2) is 28.7 Å². The molecule has 1 amide bonds. The molecular weight excluding hydrogens is 346 g/mol. The fourth-order valence-electron chi connectivity index (χ4n) is 3.27. The van der Waals surface area contributed by atoms with Gasteiger partial charge < -0.3 is 15.5 Å². The van der Waals surface area contributed by atoms with Crippen LogP contribution < -0.4 is 11.1 Å². The van der Waals surface area contributed by atoms with E-state index in [0.29, 0.717) is 47.1 Å². The summed E-state index contributed by atoms with van der Waals surface area (Å²) in [6.45, 7) is 2.04.